The molecule has 176 valence electrons. The summed E-state index contributed by atoms with van der Waals surface area (Å²) in [4.78, 5) is 15.2. The molecule has 1 N–H and O–H groups in total. The summed E-state index contributed by atoms with van der Waals surface area (Å²) >= 11 is 0. The third kappa shape index (κ3) is 6.01. The highest BCUT2D eigenvalue weighted by atomic mass is 19.4. The van der Waals surface area contributed by atoms with E-state index in [1.54, 1.807) is 0 Å². The van der Waals surface area contributed by atoms with E-state index in [1.807, 2.05) is 0 Å². The van der Waals surface area contributed by atoms with E-state index in [2.05, 4.69) is 29.2 Å². The van der Waals surface area contributed by atoms with Gasteiger partial charge in [0, 0.05) is 25.7 Å². The Bertz CT molecular complexity index is 908. The number of nitrogens with one attached hydrogen (secondary N) is 1. The van der Waals surface area contributed by atoms with Crippen molar-refractivity contribution in [3.63, 3.8) is 0 Å². The number of carbonyl (C=O) groups is 1. The number of methoxy groups -OCH3 is 1. The Balaban J connectivity index is 1.76. The number of carbonyl (C=O) groups excluding carboxylic acids is 1. The van der Waals surface area contributed by atoms with Crippen molar-refractivity contribution in [1.29, 1.82) is 0 Å². The van der Waals surface area contributed by atoms with Crippen LogP contribution in [0.2, 0.25) is 0 Å². The average Bonchev–Trinajstić information content (AvgIpc) is 3.21. The van der Waals surface area contributed by atoms with Crippen molar-refractivity contribution in [3.05, 3.63) is 41.7 Å². The van der Waals surface area contributed by atoms with Gasteiger partial charge in [0.25, 0.3) is 5.91 Å². The first-order valence-electron chi connectivity index (χ1n) is 10.6. The molecule has 1 aromatic carbocycles. The molecule has 3 rings (SSSR count). The number of alkyl halides is 3. The number of ether oxygens (including phenoxy) is 2. The van der Waals surface area contributed by atoms with Crippen LogP contribution in [0.25, 0.3) is 5.69 Å². The van der Waals surface area contributed by atoms with Gasteiger partial charge in [-0.3, -0.25) is 9.69 Å². The molecular weight excluding hydrogens is 425 g/mol. The number of halogens is 3. The third-order valence-corrected chi connectivity index (χ3v) is 5.36. The summed E-state index contributed by atoms with van der Waals surface area (Å²) < 4.78 is 51.1. The van der Waals surface area contributed by atoms with Gasteiger partial charge in [-0.15, -0.1) is 0 Å². The predicted molar refractivity (Wildman–Crippen MR) is 113 cm³/mol. The molecular formula is C22H29F3N4O3. The van der Waals surface area contributed by atoms with E-state index in [1.165, 1.54) is 30.1 Å². The number of nitrogens with zero attached hydrogens (tertiary/aromatic N) is 3. The van der Waals surface area contributed by atoms with Crippen molar-refractivity contribution in [2.75, 3.05) is 40.0 Å². The SMILES string of the molecule is COc1cn(-c2cccc(C(F)(F)F)c2)nc1C(=O)NCC(CC(C)C)N1CCOCC1. The Morgan fingerprint density at radius 1 is 1.28 bits per heavy atom. The average molecular weight is 454 g/mol. The molecule has 1 atom stereocenters. The fourth-order valence-corrected chi connectivity index (χ4v) is 3.76. The predicted octanol–water partition coefficient (Wildman–Crippen LogP) is 3.38. The maximum Gasteiger partial charge on any atom is 0.416 e. The quantitative estimate of drug-likeness (QED) is 0.663. The first-order valence-corrected chi connectivity index (χ1v) is 10.6. The van der Waals surface area contributed by atoms with E-state index < -0.39 is 17.6 Å². The van der Waals surface area contributed by atoms with E-state index in [4.69, 9.17) is 9.47 Å². The van der Waals surface area contributed by atoms with Gasteiger partial charge in [0.05, 0.1) is 37.8 Å². The summed E-state index contributed by atoms with van der Waals surface area (Å²) in [6, 6.07) is 4.90. The van der Waals surface area contributed by atoms with Gasteiger partial charge >= 0.3 is 6.18 Å². The van der Waals surface area contributed by atoms with Crippen molar-refractivity contribution >= 4 is 5.91 Å². The molecule has 0 bridgehead atoms. The largest absolute Gasteiger partial charge is 0.493 e. The van der Waals surface area contributed by atoms with E-state index in [0.717, 1.165) is 31.6 Å². The fourth-order valence-electron chi connectivity index (χ4n) is 3.76. The summed E-state index contributed by atoms with van der Waals surface area (Å²) in [5, 5.41) is 7.12. The molecule has 1 saturated heterocycles. The zero-order valence-corrected chi connectivity index (χ0v) is 18.5. The Morgan fingerprint density at radius 3 is 2.62 bits per heavy atom. The van der Waals surface area contributed by atoms with Crippen LogP contribution in [0.3, 0.4) is 0 Å². The minimum absolute atomic E-state index is 0.0233. The zero-order valence-electron chi connectivity index (χ0n) is 18.5. The number of benzene rings is 1. The molecule has 2 heterocycles. The normalized spacial score (nSPS) is 16.2. The molecule has 0 aliphatic carbocycles. The second-order valence-corrected chi connectivity index (χ2v) is 8.18. The maximum atomic E-state index is 13.1. The molecule has 1 amide bonds. The van der Waals surface area contributed by atoms with Gasteiger partial charge in [-0.25, -0.2) is 4.68 Å². The van der Waals surface area contributed by atoms with Crippen LogP contribution in [-0.4, -0.2) is 66.6 Å². The lowest BCUT2D eigenvalue weighted by Crippen LogP contribution is -2.49. The number of hydrogen-bond acceptors (Lipinski definition) is 5. The van der Waals surface area contributed by atoms with Gasteiger partial charge < -0.3 is 14.8 Å². The molecule has 7 nitrogen and oxygen atoms in total. The monoisotopic (exact) mass is 454 g/mol. The van der Waals surface area contributed by atoms with E-state index >= 15 is 0 Å². The summed E-state index contributed by atoms with van der Waals surface area (Å²) in [7, 11) is 1.39. The van der Waals surface area contributed by atoms with Crippen LogP contribution in [0.1, 0.15) is 36.3 Å². The molecule has 1 fully saturated rings. The first-order chi connectivity index (χ1) is 15.2. The second-order valence-electron chi connectivity index (χ2n) is 8.18. The van der Waals surface area contributed by atoms with Crippen LogP contribution in [0, 0.1) is 5.92 Å². The first kappa shape index (κ1) is 24.1. The van der Waals surface area contributed by atoms with E-state index in [-0.39, 0.29) is 23.2 Å². The van der Waals surface area contributed by atoms with Crippen LogP contribution >= 0.6 is 0 Å². The van der Waals surface area contributed by atoms with E-state index in [9.17, 15) is 18.0 Å². The van der Waals surface area contributed by atoms with Crippen molar-refractivity contribution in [2.45, 2.75) is 32.5 Å². The van der Waals surface area contributed by atoms with Crippen molar-refractivity contribution in [3.8, 4) is 11.4 Å². The lowest BCUT2D eigenvalue weighted by molar-refractivity contribution is -0.137. The van der Waals surface area contributed by atoms with Crippen molar-refractivity contribution in [1.82, 2.24) is 20.0 Å². The lowest BCUT2D eigenvalue weighted by Gasteiger charge is -2.35. The van der Waals surface area contributed by atoms with Crippen molar-refractivity contribution in [2.24, 2.45) is 5.92 Å². The standard InChI is InChI=1S/C22H29F3N4O3/c1-15(2)11-18(28-7-9-32-10-8-28)13-26-21(30)20-19(31-3)14-29(27-20)17-6-4-5-16(12-17)22(23,24)25/h4-6,12,14-15,18H,7-11,13H2,1-3H3,(H,26,30). The molecule has 2 aromatic rings. The summed E-state index contributed by atoms with van der Waals surface area (Å²) in [5.41, 5.74) is -0.587. The van der Waals surface area contributed by atoms with Gasteiger partial charge in [-0.2, -0.15) is 18.3 Å². The number of morpholine rings is 1. The topological polar surface area (TPSA) is 68.6 Å². The molecule has 0 radical (unpaired) electrons. The minimum Gasteiger partial charge on any atom is -0.493 e. The number of hydrogen-bond donors (Lipinski definition) is 1. The van der Waals surface area contributed by atoms with Gasteiger partial charge in [-0.1, -0.05) is 19.9 Å². The van der Waals surface area contributed by atoms with Crippen LogP contribution in [0.4, 0.5) is 13.2 Å². The van der Waals surface area contributed by atoms with Crippen molar-refractivity contribution < 1.29 is 27.4 Å². The minimum atomic E-state index is -4.47. The van der Waals surface area contributed by atoms with Crippen LogP contribution in [0.15, 0.2) is 30.5 Å². The summed E-state index contributed by atoms with van der Waals surface area (Å²) in [6.07, 6.45) is -2.16. The van der Waals surface area contributed by atoms with Crippen LogP contribution in [0.5, 0.6) is 5.75 Å². The van der Waals surface area contributed by atoms with Gasteiger partial charge in [0.1, 0.15) is 0 Å². The third-order valence-electron chi connectivity index (χ3n) is 5.36. The fraction of sp³-hybridized carbons (Fsp3) is 0.545. The Kier molecular flexibility index (Phi) is 7.78. The highest BCUT2D eigenvalue weighted by Crippen LogP contribution is 2.30. The second kappa shape index (κ2) is 10.4. The Labute approximate surface area is 185 Å². The molecule has 1 aliphatic rings. The molecule has 1 unspecified atom stereocenters. The Hall–Kier alpha value is -2.59. The highest BCUT2D eigenvalue weighted by Gasteiger charge is 2.31. The highest BCUT2D eigenvalue weighted by molar-refractivity contribution is 5.95. The molecule has 10 heteroatoms. The summed E-state index contributed by atoms with van der Waals surface area (Å²) in [6.45, 7) is 7.64. The lowest BCUT2D eigenvalue weighted by atomic mass is 10.0. The van der Waals surface area contributed by atoms with Gasteiger partial charge in [0.15, 0.2) is 11.4 Å². The van der Waals surface area contributed by atoms with Gasteiger partial charge in [0.2, 0.25) is 0 Å². The Morgan fingerprint density at radius 2 is 2.00 bits per heavy atom. The molecule has 0 spiro atoms. The molecule has 0 saturated carbocycles. The maximum absolute atomic E-state index is 13.1. The van der Waals surface area contributed by atoms with E-state index in [0.29, 0.717) is 25.7 Å². The van der Waals surface area contributed by atoms with Crippen LogP contribution < -0.4 is 10.1 Å². The number of aromatic nitrogens is 2. The molecule has 1 aromatic heterocycles. The number of amides is 1. The smallest absolute Gasteiger partial charge is 0.416 e. The van der Waals surface area contributed by atoms with Crippen LogP contribution in [-0.2, 0) is 10.9 Å². The molecule has 1 aliphatic heterocycles. The van der Waals surface area contributed by atoms with Gasteiger partial charge in [-0.05, 0) is 30.5 Å². The molecule has 32 heavy (non-hydrogen) atoms. The summed E-state index contributed by atoms with van der Waals surface area (Å²) in [5.74, 6) is 0.204. The number of rotatable bonds is 8. The zero-order chi connectivity index (χ0) is 23.3.